The topological polar surface area (TPSA) is 62.7 Å². The highest BCUT2D eigenvalue weighted by molar-refractivity contribution is 5.35. The van der Waals surface area contributed by atoms with E-state index in [0.717, 1.165) is 5.82 Å². The first-order valence-electron chi connectivity index (χ1n) is 5.23. The first kappa shape index (κ1) is 11.7. The van der Waals surface area contributed by atoms with Crippen LogP contribution in [-0.2, 0) is 0 Å². The third-order valence-electron chi connectivity index (χ3n) is 1.58. The summed E-state index contributed by atoms with van der Waals surface area (Å²) in [6.45, 7) is 10.1. The smallest absolute Gasteiger partial charge is 0.227 e. The maximum Gasteiger partial charge on any atom is 0.227 e. The molecule has 0 spiro atoms. The van der Waals surface area contributed by atoms with Crippen molar-refractivity contribution in [2.45, 2.75) is 46.7 Å². The zero-order valence-corrected chi connectivity index (χ0v) is 10.00. The van der Waals surface area contributed by atoms with Gasteiger partial charge in [-0.15, -0.1) is 0 Å². The van der Waals surface area contributed by atoms with Gasteiger partial charge in [-0.1, -0.05) is 0 Å². The molecular weight excluding hydrogens is 190 g/mol. The van der Waals surface area contributed by atoms with Gasteiger partial charge in [-0.3, -0.25) is 0 Å². The predicted octanol–water partition coefficient (Wildman–Crippen LogP) is 1.82. The highest BCUT2D eigenvalue weighted by Gasteiger charge is 2.05. The van der Waals surface area contributed by atoms with Crippen LogP contribution in [0.1, 0.15) is 33.5 Å². The summed E-state index contributed by atoms with van der Waals surface area (Å²) in [4.78, 5) is 12.7. The summed E-state index contributed by atoms with van der Waals surface area (Å²) >= 11 is 0. The summed E-state index contributed by atoms with van der Waals surface area (Å²) in [6.07, 6.45) is 0. The number of aryl methyl sites for hydroxylation is 1. The van der Waals surface area contributed by atoms with Gasteiger partial charge in [0.15, 0.2) is 0 Å². The van der Waals surface area contributed by atoms with Crippen LogP contribution in [0, 0.1) is 6.92 Å². The molecule has 15 heavy (non-hydrogen) atoms. The minimum Gasteiger partial charge on any atom is -0.352 e. The molecule has 5 nitrogen and oxygen atoms in total. The molecular formula is C10H19N5. The Kier molecular flexibility index (Phi) is 3.82. The van der Waals surface area contributed by atoms with Crippen molar-refractivity contribution in [3.8, 4) is 0 Å². The Balaban J connectivity index is 2.84. The summed E-state index contributed by atoms with van der Waals surface area (Å²) in [5.41, 5.74) is 0. The molecule has 0 atom stereocenters. The number of hydrogen-bond acceptors (Lipinski definition) is 5. The second-order valence-corrected chi connectivity index (χ2v) is 4.13. The molecule has 0 aromatic carbocycles. The Morgan fingerprint density at radius 1 is 0.800 bits per heavy atom. The van der Waals surface area contributed by atoms with E-state index in [1.807, 2.05) is 6.92 Å². The van der Waals surface area contributed by atoms with Crippen molar-refractivity contribution in [3.63, 3.8) is 0 Å². The standard InChI is InChI=1S/C10H19N5/c1-6(2)11-9-13-8(5)14-10(15-9)12-7(3)4/h6-7H,1-5H3,(H2,11,12,13,14,15). The maximum atomic E-state index is 4.27. The van der Waals surface area contributed by atoms with Crippen LogP contribution >= 0.6 is 0 Å². The number of rotatable bonds is 4. The van der Waals surface area contributed by atoms with Crippen LogP contribution in [-0.4, -0.2) is 27.0 Å². The first-order valence-corrected chi connectivity index (χ1v) is 5.23. The summed E-state index contributed by atoms with van der Waals surface area (Å²) < 4.78 is 0. The van der Waals surface area contributed by atoms with Crippen molar-refractivity contribution >= 4 is 11.9 Å². The fraction of sp³-hybridized carbons (Fsp3) is 0.700. The molecule has 0 amide bonds. The molecule has 2 N–H and O–H groups in total. The predicted molar refractivity (Wildman–Crippen MR) is 62.1 cm³/mol. The second-order valence-electron chi connectivity index (χ2n) is 4.13. The average Bonchev–Trinajstić information content (AvgIpc) is 1.98. The Morgan fingerprint density at radius 2 is 1.20 bits per heavy atom. The SMILES string of the molecule is Cc1nc(NC(C)C)nc(NC(C)C)n1. The molecule has 1 rings (SSSR count). The zero-order valence-electron chi connectivity index (χ0n) is 10.00. The molecule has 0 saturated carbocycles. The van der Waals surface area contributed by atoms with E-state index in [1.54, 1.807) is 0 Å². The monoisotopic (exact) mass is 209 g/mol. The quantitative estimate of drug-likeness (QED) is 0.792. The minimum absolute atomic E-state index is 0.318. The number of nitrogens with one attached hydrogen (secondary N) is 2. The lowest BCUT2D eigenvalue weighted by molar-refractivity contribution is 0.834. The molecule has 1 heterocycles. The minimum atomic E-state index is 0.318. The lowest BCUT2D eigenvalue weighted by Gasteiger charge is -2.12. The van der Waals surface area contributed by atoms with Gasteiger partial charge in [0, 0.05) is 12.1 Å². The van der Waals surface area contributed by atoms with Gasteiger partial charge in [0.1, 0.15) is 5.82 Å². The van der Waals surface area contributed by atoms with Gasteiger partial charge >= 0.3 is 0 Å². The van der Waals surface area contributed by atoms with Gasteiger partial charge in [-0.25, -0.2) is 0 Å². The molecule has 0 bridgehead atoms. The largest absolute Gasteiger partial charge is 0.352 e. The van der Waals surface area contributed by atoms with Crippen LogP contribution in [0.25, 0.3) is 0 Å². The van der Waals surface area contributed by atoms with Crippen LogP contribution < -0.4 is 10.6 Å². The van der Waals surface area contributed by atoms with Crippen molar-refractivity contribution in [2.75, 3.05) is 10.6 Å². The Hall–Kier alpha value is -1.39. The molecule has 84 valence electrons. The van der Waals surface area contributed by atoms with Gasteiger partial charge in [-0.2, -0.15) is 15.0 Å². The Bertz CT molecular complexity index is 293. The third kappa shape index (κ3) is 4.10. The van der Waals surface area contributed by atoms with E-state index < -0.39 is 0 Å². The summed E-state index contributed by atoms with van der Waals surface area (Å²) in [5.74, 6) is 1.97. The molecule has 0 aliphatic carbocycles. The van der Waals surface area contributed by atoms with E-state index in [2.05, 4.69) is 53.3 Å². The number of nitrogens with zero attached hydrogens (tertiary/aromatic N) is 3. The van der Waals surface area contributed by atoms with Crippen LogP contribution in [0.5, 0.6) is 0 Å². The zero-order chi connectivity index (χ0) is 11.4. The van der Waals surface area contributed by atoms with E-state index in [-0.39, 0.29) is 0 Å². The van der Waals surface area contributed by atoms with E-state index in [9.17, 15) is 0 Å². The van der Waals surface area contributed by atoms with Crippen LogP contribution in [0.4, 0.5) is 11.9 Å². The molecule has 0 unspecified atom stereocenters. The van der Waals surface area contributed by atoms with E-state index >= 15 is 0 Å². The van der Waals surface area contributed by atoms with Gasteiger partial charge in [0.2, 0.25) is 11.9 Å². The van der Waals surface area contributed by atoms with Crippen molar-refractivity contribution in [1.29, 1.82) is 0 Å². The summed E-state index contributed by atoms with van der Waals surface area (Å²) in [7, 11) is 0. The van der Waals surface area contributed by atoms with Crippen molar-refractivity contribution in [3.05, 3.63) is 5.82 Å². The fourth-order valence-electron chi connectivity index (χ4n) is 1.13. The van der Waals surface area contributed by atoms with Gasteiger partial charge < -0.3 is 10.6 Å². The van der Waals surface area contributed by atoms with Crippen molar-refractivity contribution in [1.82, 2.24) is 15.0 Å². The molecule has 5 heteroatoms. The lowest BCUT2D eigenvalue weighted by Crippen LogP contribution is -2.17. The molecule has 0 aliphatic rings. The van der Waals surface area contributed by atoms with Crippen molar-refractivity contribution in [2.24, 2.45) is 0 Å². The summed E-state index contributed by atoms with van der Waals surface area (Å²) in [5, 5.41) is 6.31. The fourth-order valence-corrected chi connectivity index (χ4v) is 1.13. The average molecular weight is 209 g/mol. The molecule has 0 radical (unpaired) electrons. The van der Waals surface area contributed by atoms with Crippen LogP contribution in [0.3, 0.4) is 0 Å². The van der Waals surface area contributed by atoms with Gasteiger partial charge in [0.25, 0.3) is 0 Å². The number of aromatic nitrogens is 3. The van der Waals surface area contributed by atoms with E-state index in [1.165, 1.54) is 0 Å². The Morgan fingerprint density at radius 3 is 1.53 bits per heavy atom. The maximum absolute atomic E-state index is 4.27. The van der Waals surface area contributed by atoms with Gasteiger partial charge in [-0.05, 0) is 34.6 Å². The number of hydrogen-bond donors (Lipinski definition) is 2. The molecule has 0 saturated heterocycles. The number of anilines is 2. The lowest BCUT2D eigenvalue weighted by atomic mass is 10.4. The normalized spacial score (nSPS) is 10.9. The summed E-state index contributed by atoms with van der Waals surface area (Å²) in [6, 6.07) is 0.636. The molecule has 1 aromatic rings. The molecule has 0 fully saturated rings. The third-order valence-corrected chi connectivity index (χ3v) is 1.58. The van der Waals surface area contributed by atoms with Crippen molar-refractivity contribution < 1.29 is 0 Å². The highest BCUT2D eigenvalue weighted by Crippen LogP contribution is 2.07. The van der Waals surface area contributed by atoms with E-state index in [4.69, 9.17) is 0 Å². The van der Waals surface area contributed by atoms with E-state index in [0.29, 0.717) is 24.0 Å². The first-order chi connectivity index (χ1) is 6.97. The van der Waals surface area contributed by atoms with Crippen LogP contribution in [0.2, 0.25) is 0 Å². The second kappa shape index (κ2) is 4.91. The molecule has 0 aliphatic heterocycles. The van der Waals surface area contributed by atoms with Crippen LogP contribution in [0.15, 0.2) is 0 Å². The Labute approximate surface area is 90.7 Å². The molecule has 1 aromatic heterocycles. The highest BCUT2D eigenvalue weighted by atomic mass is 15.2. The van der Waals surface area contributed by atoms with Gasteiger partial charge in [0.05, 0.1) is 0 Å².